The predicted octanol–water partition coefficient (Wildman–Crippen LogP) is 4.68. The van der Waals surface area contributed by atoms with Crippen molar-refractivity contribution in [2.24, 2.45) is 7.05 Å². The smallest absolute Gasteiger partial charge is 0.269 e. The zero-order valence-corrected chi connectivity index (χ0v) is 18.8. The molecule has 0 spiro atoms. The van der Waals surface area contributed by atoms with Gasteiger partial charge in [0, 0.05) is 23.4 Å². The number of rotatable bonds is 7. The highest BCUT2D eigenvalue weighted by molar-refractivity contribution is 7.17. The van der Waals surface area contributed by atoms with E-state index in [1.165, 1.54) is 15.6 Å². The maximum atomic E-state index is 13.0. The van der Waals surface area contributed by atoms with Gasteiger partial charge in [-0.15, -0.1) is 11.3 Å². The zero-order valence-electron chi connectivity index (χ0n) is 18.0. The molecule has 0 saturated carbocycles. The fraction of sp³-hybridized carbons (Fsp3) is 0.250. The minimum Gasteiger partial charge on any atom is -0.497 e. The Bertz CT molecular complexity index is 1230. The third-order valence-electron chi connectivity index (χ3n) is 5.26. The fourth-order valence-electron chi connectivity index (χ4n) is 3.70. The topological polar surface area (TPSA) is 65.4 Å². The summed E-state index contributed by atoms with van der Waals surface area (Å²) < 4.78 is 13.6. The molecule has 2 aromatic heterocycles. The van der Waals surface area contributed by atoms with Crippen molar-refractivity contribution in [3.63, 3.8) is 0 Å². The lowest BCUT2D eigenvalue weighted by Gasteiger charge is -2.13. The number of hydrogen-bond acceptors (Lipinski definition) is 5. The van der Waals surface area contributed by atoms with Gasteiger partial charge < -0.3 is 14.8 Å². The van der Waals surface area contributed by atoms with Gasteiger partial charge in [0.15, 0.2) is 0 Å². The van der Waals surface area contributed by atoms with Gasteiger partial charge in [0.25, 0.3) is 5.91 Å². The largest absolute Gasteiger partial charge is 0.497 e. The quantitative estimate of drug-likeness (QED) is 0.458. The Morgan fingerprint density at radius 3 is 2.74 bits per heavy atom. The molecular formula is C24H25N3O3S. The van der Waals surface area contributed by atoms with Crippen LogP contribution in [0, 0.1) is 0 Å². The molecule has 2 aromatic carbocycles. The van der Waals surface area contributed by atoms with Crippen molar-refractivity contribution in [2.75, 3.05) is 14.2 Å². The Hall–Kier alpha value is -3.32. The molecule has 7 heteroatoms. The second-order valence-corrected chi connectivity index (χ2v) is 8.35. The van der Waals surface area contributed by atoms with E-state index >= 15 is 0 Å². The van der Waals surface area contributed by atoms with Crippen LogP contribution < -0.4 is 14.8 Å². The van der Waals surface area contributed by atoms with Gasteiger partial charge in [-0.05, 0) is 60.0 Å². The van der Waals surface area contributed by atoms with E-state index in [0.29, 0.717) is 22.9 Å². The highest BCUT2D eigenvalue weighted by Crippen LogP contribution is 2.33. The molecule has 0 aliphatic heterocycles. The predicted molar refractivity (Wildman–Crippen MR) is 124 cm³/mol. The molecule has 0 radical (unpaired) electrons. The van der Waals surface area contributed by atoms with Gasteiger partial charge >= 0.3 is 0 Å². The number of nitrogens with zero attached hydrogens (tertiary/aromatic N) is 2. The molecule has 6 nitrogen and oxygen atoms in total. The Morgan fingerprint density at radius 1 is 1.16 bits per heavy atom. The fourth-order valence-corrected chi connectivity index (χ4v) is 4.67. The highest BCUT2D eigenvalue weighted by atomic mass is 32.1. The molecule has 31 heavy (non-hydrogen) atoms. The van der Waals surface area contributed by atoms with Crippen molar-refractivity contribution in [3.05, 3.63) is 65.2 Å². The number of aryl methyl sites for hydroxylation is 1. The Labute approximate surface area is 185 Å². The van der Waals surface area contributed by atoms with E-state index in [1.54, 1.807) is 43.4 Å². The lowest BCUT2D eigenvalue weighted by atomic mass is 10.1. The molecule has 1 amide bonds. The number of carbonyl (C=O) groups is 1. The molecule has 0 fully saturated rings. The minimum absolute atomic E-state index is 0.0183. The third-order valence-corrected chi connectivity index (χ3v) is 6.27. The molecule has 0 saturated heterocycles. The van der Waals surface area contributed by atoms with Gasteiger partial charge in [-0.3, -0.25) is 9.48 Å². The van der Waals surface area contributed by atoms with Gasteiger partial charge in [-0.1, -0.05) is 18.2 Å². The van der Waals surface area contributed by atoms with Crippen LogP contribution in [0.4, 0.5) is 0 Å². The third kappa shape index (κ3) is 4.27. The first-order chi connectivity index (χ1) is 15.0. The summed E-state index contributed by atoms with van der Waals surface area (Å²) >= 11 is 1.73. The van der Waals surface area contributed by atoms with E-state index < -0.39 is 0 Å². The zero-order chi connectivity index (χ0) is 22.0. The molecule has 160 valence electrons. The maximum Gasteiger partial charge on any atom is 0.269 e. The first kappa shape index (κ1) is 20.9. The Kier molecular flexibility index (Phi) is 5.95. The Morgan fingerprint density at radius 2 is 1.97 bits per heavy atom. The molecule has 0 bridgehead atoms. The van der Waals surface area contributed by atoms with E-state index in [1.807, 2.05) is 37.3 Å². The van der Waals surface area contributed by atoms with Gasteiger partial charge in [0.05, 0.1) is 19.9 Å². The summed E-state index contributed by atoms with van der Waals surface area (Å²) in [5, 5.41) is 11.1. The van der Waals surface area contributed by atoms with Crippen LogP contribution in [0.2, 0.25) is 0 Å². The molecule has 4 rings (SSSR count). The summed E-state index contributed by atoms with van der Waals surface area (Å²) in [4.78, 5) is 13.0. The summed E-state index contributed by atoms with van der Waals surface area (Å²) in [6.45, 7) is 2.02. The van der Waals surface area contributed by atoms with Crippen molar-refractivity contribution in [2.45, 2.75) is 19.4 Å². The van der Waals surface area contributed by atoms with E-state index in [9.17, 15) is 4.79 Å². The van der Waals surface area contributed by atoms with Crippen molar-refractivity contribution >= 4 is 27.3 Å². The van der Waals surface area contributed by atoms with E-state index in [2.05, 4.69) is 27.9 Å². The first-order valence-electron chi connectivity index (χ1n) is 10.0. The summed E-state index contributed by atoms with van der Waals surface area (Å²) in [6.07, 6.45) is 0.768. The van der Waals surface area contributed by atoms with Crippen LogP contribution in [0.25, 0.3) is 21.3 Å². The monoisotopic (exact) mass is 435 g/mol. The molecule has 1 atom stereocenters. The number of carbonyl (C=O) groups excluding carboxylic acids is 1. The van der Waals surface area contributed by atoms with Gasteiger partial charge in [-0.25, -0.2) is 0 Å². The molecule has 2 heterocycles. The normalized spacial score (nSPS) is 12.0. The van der Waals surface area contributed by atoms with Crippen LogP contribution in [0.3, 0.4) is 0 Å². The van der Waals surface area contributed by atoms with Crippen LogP contribution in [0.1, 0.15) is 23.0 Å². The average molecular weight is 436 g/mol. The molecule has 4 aromatic rings. The average Bonchev–Trinajstić information content (AvgIpc) is 3.37. The number of methoxy groups -OCH3 is 2. The highest BCUT2D eigenvalue weighted by Gasteiger charge is 2.19. The number of thiophene rings is 1. The van der Waals surface area contributed by atoms with Gasteiger partial charge in [0.2, 0.25) is 0 Å². The van der Waals surface area contributed by atoms with Crippen LogP contribution in [-0.4, -0.2) is 35.9 Å². The maximum absolute atomic E-state index is 13.0. The summed E-state index contributed by atoms with van der Waals surface area (Å²) in [7, 11) is 4.99. The number of fused-ring (bicyclic) bond motifs is 1. The van der Waals surface area contributed by atoms with Crippen molar-refractivity contribution in [1.29, 1.82) is 0 Å². The number of ether oxygens (including phenoxy) is 2. The number of aromatic nitrogens is 2. The molecular weight excluding hydrogens is 410 g/mol. The second-order valence-electron chi connectivity index (χ2n) is 7.44. The SMILES string of the molecule is COc1ccc(OC)c(-c2cc(C(=O)N[C@H](C)Cc3csc4ccccc34)n(C)n2)c1. The van der Waals surface area contributed by atoms with Crippen molar-refractivity contribution in [1.82, 2.24) is 15.1 Å². The lowest BCUT2D eigenvalue weighted by Crippen LogP contribution is -2.35. The number of nitrogens with one attached hydrogen (secondary N) is 1. The molecule has 0 unspecified atom stereocenters. The second kappa shape index (κ2) is 8.81. The van der Waals surface area contributed by atoms with Crippen molar-refractivity contribution < 1.29 is 14.3 Å². The van der Waals surface area contributed by atoms with Gasteiger partial charge in [-0.2, -0.15) is 5.10 Å². The van der Waals surface area contributed by atoms with E-state index in [-0.39, 0.29) is 11.9 Å². The van der Waals surface area contributed by atoms with E-state index in [4.69, 9.17) is 9.47 Å². The van der Waals surface area contributed by atoms with Crippen LogP contribution in [-0.2, 0) is 13.5 Å². The van der Waals surface area contributed by atoms with Crippen molar-refractivity contribution in [3.8, 4) is 22.8 Å². The minimum atomic E-state index is -0.157. The molecule has 1 N–H and O–H groups in total. The first-order valence-corrected chi connectivity index (χ1v) is 10.9. The summed E-state index contributed by atoms with van der Waals surface area (Å²) in [6, 6.07) is 15.6. The number of hydrogen-bond donors (Lipinski definition) is 1. The van der Waals surface area contributed by atoms with E-state index in [0.717, 1.165) is 12.0 Å². The summed E-state index contributed by atoms with van der Waals surface area (Å²) in [5.41, 5.74) is 3.16. The van der Waals surface area contributed by atoms with Gasteiger partial charge in [0.1, 0.15) is 17.2 Å². The Balaban J connectivity index is 1.53. The van der Waals surface area contributed by atoms with Crippen LogP contribution in [0.15, 0.2) is 53.9 Å². The number of benzene rings is 2. The summed E-state index contributed by atoms with van der Waals surface area (Å²) in [5.74, 6) is 1.21. The van der Waals surface area contributed by atoms with Crippen LogP contribution in [0.5, 0.6) is 11.5 Å². The molecule has 0 aliphatic rings. The molecule has 0 aliphatic carbocycles. The number of amides is 1. The lowest BCUT2D eigenvalue weighted by molar-refractivity contribution is 0.0930. The standard InChI is InChI=1S/C24H25N3O3S/c1-15(11-16-14-31-23-8-6-5-7-18(16)23)25-24(28)21-13-20(26-27(21)2)19-12-17(29-3)9-10-22(19)30-4/h5-10,12-15H,11H2,1-4H3,(H,25,28)/t15-/m1/s1. The van der Waals surface area contributed by atoms with Crippen LogP contribution >= 0.6 is 11.3 Å².